The molecule has 0 aliphatic rings. The maximum Gasteiger partial charge on any atom is 0.331 e. The largest absolute Gasteiger partial charge is 0.478 e. The van der Waals surface area contributed by atoms with E-state index in [4.69, 9.17) is 15.3 Å². The number of aliphatic carboxylic acids is 1. The minimum atomic E-state index is -1.53. The Labute approximate surface area is 75.3 Å². The summed E-state index contributed by atoms with van der Waals surface area (Å²) in [6.07, 6.45) is -1.53. The molecular formula is C8H12O5. The van der Waals surface area contributed by atoms with Crippen molar-refractivity contribution in [3.05, 3.63) is 11.1 Å². The van der Waals surface area contributed by atoms with Crippen LogP contribution in [0.2, 0.25) is 0 Å². The van der Waals surface area contributed by atoms with E-state index in [0.29, 0.717) is 0 Å². The number of carbonyl (C=O) groups excluding carboxylic acids is 1. The number of aliphatic hydroxyl groups is 2. The highest BCUT2D eigenvalue weighted by Crippen LogP contribution is 2.07. The summed E-state index contributed by atoms with van der Waals surface area (Å²) >= 11 is 0. The number of carboxylic acid groups (broad SMARTS) is 1. The van der Waals surface area contributed by atoms with Gasteiger partial charge in [0.05, 0.1) is 6.61 Å². The van der Waals surface area contributed by atoms with E-state index in [9.17, 15) is 9.59 Å². The lowest BCUT2D eigenvalue weighted by Crippen LogP contribution is -2.26. The van der Waals surface area contributed by atoms with Crippen LogP contribution in [0.25, 0.3) is 0 Å². The first kappa shape index (κ1) is 11.8. The first-order valence-electron chi connectivity index (χ1n) is 3.65. The van der Waals surface area contributed by atoms with Crippen molar-refractivity contribution in [1.82, 2.24) is 0 Å². The molecule has 0 saturated heterocycles. The van der Waals surface area contributed by atoms with Gasteiger partial charge in [0, 0.05) is 11.1 Å². The summed E-state index contributed by atoms with van der Waals surface area (Å²) in [5.41, 5.74) is -0.174. The van der Waals surface area contributed by atoms with Crippen LogP contribution in [-0.2, 0) is 9.59 Å². The molecule has 0 spiro atoms. The van der Waals surface area contributed by atoms with E-state index in [-0.39, 0.29) is 11.1 Å². The van der Waals surface area contributed by atoms with Crippen LogP contribution in [0.15, 0.2) is 11.1 Å². The molecule has 0 bridgehead atoms. The molecule has 5 heteroatoms. The maximum absolute atomic E-state index is 11.1. The van der Waals surface area contributed by atoms with Gasteiger partial charge in [-0.2, -0.15) is 0 Å². The molecule has 0 aliphatic heterocycles. The topological polar surface area (TPSA) is 94.8 Å². The predicted octanol–water partition coefficient (Wildman–Crippen LogP) is -0.670. The Balaban J connectivity index is 4.78. The molecule has 0 aromatic heterocycles. The molecule has 5 nitrogen and oxygen atoms in total. The normalized spacial score (nSPS) is 14.8. The molecule has 0 aliphatic carbocycles. The Morgan fingerprint density at radius 3 is 2.00 bits per heavy atom. The molecule has 3 N–H and O–H groups in total. The Morgan fingerprint density at radius 2 is 1.69 bits per heavy atom. The van der Waals surface area contributed by atoms with E-state index in [2.05, 4.69) is 0 Å². The van der Waals surface area contributed by atoms with Gasteiger partial charge in [0.1, 0.15) is 6.10 Å². The lowest BCUT2D eigenvalue weighted by Gasteiger charge is -2.07. The second kappa shape index (κ2) is 4.74. The van der Waals surface area contributed by atoms with Crippen LogP contribution in [0.3, 0.4) is 0 Å². The van der Waals surface area contributed by atoms with Crippen molar-refractivity contribution in [2.75, 3.05) is 6.61 Å². The standard InChI is InChI=1S/C8H12O5/c1-4(5(2)8(12)13)7(11)6(10)3-9/h6,9-10H,3H2,1-2H3,(H,12,13)/b5-4+. The van der Waals surface area contributed by atoms with Crippen molar-refractivity contribution in [2.45, 2.75) is 20.0 Å². The summed E-state index contributed by atoms with van der Waals surface area (Å²) in [7, 11) is 0. The van der Waals surface area contributed by atoms with E-state index >= 15 is 0 Å². The molecule has 1 atom stereocenters. The van der Waals surface area contributed by atoms with Gasteiger partial charge in [0.25, 0.3) is 0 Å². The van der Waals surface area contributed by atoms with Crippen molar-refractivity contribution >= 4 is 11.8 Å². The zero-order chi connectivity index (χ0) is 10.6. The van der Waals surface area contributed by atoms with E-state index in [1.807, 2.05) is 0 Å². The summed E-state index contributed by atoms with van der Waals surface area (Å²) in [6.45, 7) is 1.85. The fourth-order valence-electron chi connectivity index (χ4n) is 0.678. The number of hydrogen-bond acceptors (Lipinski definition) is 4. The number of carboxylic acids is 1. The Kier molecular flexibility index (Phi) is 4.30. The molecule has 0 fully saturated rings. The van der Waals surface area contributed by atoms with Crippen molar-refractivity contribution < 1.29 is 24.9 Å². The monoisotopic (exact) mass is 188 g/mol. The Bertz CT molecular complexity index is 253. The lowest BCUT2D eigenvalue weighted by molar-refractivity contribution is -0.133. The molecule has 0 aromatic carbocycles. The highest BCUT2D eigenvalue weighted by molar-refractivity contribution is 6.04. The van der Waals surface area contributed by atoms with Gasteiger partial charge in [-0.3, -0.25) is 4.79 Å². The molecule has 0 heterocycles. The van der Waals surface area contributed by atoms with Crippen molar-refractivity contribution in [3.8, 4) is 0 Å². The van der Waals surface area contributed by atoms with Crippen LogP contribution in [0, 0.1) is 0 Å². The first-order valence-corrected chi connectivity index (χ1v) is 3.65. The van der Waals surface area contributed by atoms with Gasteiger partial charge in [-0.15, -0.1) is 0 Å². The molecule has 13 heavy (non-hydrogen) atoms. The minimum Gasteiger partial charge on any atom is -0.478 e. The molecule has 1 unspecified atom stereocenters. The summed E-state index contributed by atoms with van der Waals surface area (Å²) in [5.74, 6) is -1.97. The predicted molar refractivity (Wildman–Crippen MR) is 44.1 cm³/mol. The summed E-state index contributed by atoms with van der Waals surface area (Å²) in [6, 6.07) is 0. The van der Waals surface area contributed by atoms with Gasteiger partial charge >= 0.3 is 5.97 Å². The highest BCUT2D eigenvalue weighted by Gasteiger charge is 2.19. The first-order chi connectivity index (χ1) is 5.91. The molecular weight excluding hydrogens is 176 g/mol. The van der Waals surface area contributed by atoms with Gasteiger partial charge in [-0.05, 0) is 13.8 Å². The molecule has 0 saturated carbocycles. The number of aliphatic hydroxyl groups excluding tert-OH is 2. The van der Waals surface area contributed by atoms with Crippen molar-refractivity contribution in [2.24, 2.45) is 0 Å². The second-order valence-corrected chi connectivity index (χ2v) is 2.62. The zero-order valence-corrected chi connectivity index (χ0v) is 7.44. The highest BCUT2D eigenvalue weighted by atomic mass is 16.4. The van der Waals surface area contributed by atoms with Gasteiger partial charge in [-0.25, -0.2) is 4.79 Å². The lowest BCUT2D eigenvalue weighted by atomic mass is 10.0. The van der Waals surface area contributed by atoms with Crippen LogP contribution in [0.5, 0.6) is 0 Å². The van der Waals surface area contributed by atoms with E-state index in [0.717, 1.165) is 0 Å². The van der Waals surface area contributed by atoms with E-state index in [1.165, 1.54) is 13.8 Å². The van der Waals surface area contributed by atoms with Crippen molar-refractivity contribution in [3.63, 3.8) is 0 Å². The maximum atomic E-state index is 11.1. The fourth-order valence-corrected chi connectivity index (χ4v) is 0.678. The average Bonchev–Trinajstić information content (AvgIpc) is 2.12. The fraction of sp³-hybridized carbons (Fsp3) is 0.500. The van der Waals surface area contributed by atoms with Crippen LogP contribution in [0.4, 0.5) is 0 Å². The third-order valence-corrected chi connectivity index (χ3v) is 1.73. The SMILES string of the molecule is C/C(C(=O)O)=C(/C)C(=O)C(O)CO. The number of hydrogen-bond donors (Lipinski definition) is 3. The molecule has 74 valence electrons. The number of rotatable bonds is 4. The minimum absolute atomic E-state index is 0.0472. The van der Waals surface area contributed by atoms with E-state index < -0.39 is 24.5 Å². The summed E-state index contributed by atoms with van der Waals surface area (Å²) < 4.78 is 0. The van der Waals surface area contributed by atoms with Gasteiger partial charge in [0.15, 0.2) is 5.78 Å². The third kappa shape index (κ3) is 2.96. The average molecular weight is 188 g/mol. The number of ketones is 1. The van der Waals surface area contributed by atoms with Crippen LogP contribution in [-0.4, -0.2) is 39.8 Å². The van der Waals surface area contributed by atoms with Crippen LogP contribution in [0.1, 0.15) is 13.8 Å². The van der Waals surface area contributed by atoms with Crippen LogP contribution < -0.4 is 0 Å². The Morgan fingerprint density at radius 1 is 1.23 bits per heavy atom. The second-order valence-electron chi connectivity index (χ2n) is 2.62. The zero-order valence-electron chi connectivity index (χ0n) is 7.44. The number of Topliss-reactive ketones (excluding diaryl/α,β-unsaturated/α-hetero) is 1. The molecule has 0 aromatic rings. The van der Waals surface area contributed by atoms with E-state index in [1.54, 1.807) is 0 Å². The Hall–Kier alpha value is -1.20. The molecule has 0 amide bonds. The quantitative estimate of drug-likeness (QED) is 0.508. The van der Waals surface area contributed by atoms with Gasteiger partial charge in [0.2, 0.25) is 0 Å². The summed E-state index contributed by atoms with van der Waals surface area (Å²) in [5, 5.41) is 25.8. The third-order valence-electron chi connectivity index (χ3n) is 1.73. The number of carbonyl (C=O) groups is 2. The van der Waals surface area contributed by atoms with Crippen molar-refractivity contribution in [1.29, 1.82) is 0 Å². The van der Waals surface area contributed by atoms with Gasteiger partial charge in [-0.1, -0.05) is 0 Å². The van der Waals surface area contributed by atoms with Gasteiger partial charge < -0.3 is 15.3 Å². The van der Waals surface area contributed by atoms with Crippen LogP contribution >= 0.6 is 0 Å². The molecule has 0 rings (SSSR count). The molecule has 0 radical (unpaired) electrons. The smallest absolute Gasteiger partial charge is 0.331 e. The summed E-state index contributed by atoms with van der Waals surface area (Å²) in [4.78, 5) is 21.5.